The lowest BCUT2D eigenvalue weighted by Crippen LogP contribution is -2.32. The van der Waals surface area contributed by atoms with E-state index in [4.69, 9.17) is 0 Å². The van der Waals surface area contributed by atoms with E-state index in [1.807, 2.05) is 18.2 Å². The average Bonchev–Trinajstić information content (AvgIpc) is 3.33. The third kappa shape index (κ3) is 3.44. The van der Waals surface area contributed by atoms with Crippen molar-refractivity contribution in [2.24, 2.45) is 0 Å². The topological polar surface area (TPSA) is 90.1 Å². The summed E-state index contributed by atoms with van der Waals surface area (Å²) >= 11 is 0. The minimum atomic E-state index is -0.459. The van der Waals surface area contributed by atoms with Gasteiger partial charge in [0.25, 0.3) is 11.6 Å². The van der Waals surface area contributed by atoms with E-state index in [1.54, 1.807) is 24.4 Å². The van der Waals surface area contributed by atoms with E-state index in [0.717, 1.165) is 12.8 Å². The summed E-state index contributed by atoms with van der Waals surface area (Å²) in [5.41, 5.74) is 2.07. The molecule has 2 aromatic carbocycles. The Bertz CT molecular complexity index is 993. The molecule has 0 unspecified atom stereocenters. The summed E-state index contributed by atoms with van der Waals surface area (Å²) in [5.74, 6) is -0.249. The van der Waals surface area contributed by atoms with Crippen LogP contribution >= 0.6 is 0 Å². The van der Waals surface area contributed by atoms with Crippen LogP contribution in [0.5, 0.6) is 0 Å². The van der Waals surface area contributed by atoms with Gasteiger partial charge in [-0.2, -0.15) is 5.10 Å². The summed E-state index contributed by atoms with van der Waals surface area (Å²) < 4.78 is 1.46. The Labute approximate surface area is 155 Å². The van der Waals surface area contributed by atoms with Gasteiger partial charge in [0.1, 0.15) is 0 Å². The Morgan fingerprint density at radius 1 is 1.15 bits per heavy atom. The zero-order valence-corrected chi connectivity index (χ0v) is 14.5. The number of carbonyl (C=O) groups excluding carboxylic acids is 1. The molecule has 1 saturated carbocycles. The second-order valence-corrected chi connectivity index (χ2v) is 6.75. The maximum atomic E-state index is 12.5. The molecule has 1 aromatic heterocycles. The minimum absolute atomic E-state index is 0.0208. The van der Waals surface area contributed by atoms with Gasteiger partial charge < -0.3 is 5.32 Å². The Balaban J connectivity index is 1.45. The lowest BCUT2D eigenvalue weighted by molar-refractivity contribution is -0.384. The maximum absolute atomic E-state index is 12.5. The van der Waals surface area contributed by atoms with Crippen LogP contribution in [0, 0.1) is 10.1 Å². The Morgan fingerprint density at radius 3 is 2.63 bits per heavy atom. The van der Waals surface area contributed by atoms with Crippen molar-refractivity contribution in [3.63, 3.8) is 0 Å². The van der Waals surface area contributed by atoms with Crippen LogP contribution in [0.25, 0.3) is 5.69 Å². The number of nitro groups is 1. The zero-order chi connectivity index (χ0) is 18.9. The van der Waals surface area contributed by atoms with Crippen molar-refractivity contribution in [3.8, 4) is 5.69 Å². The highest BCUT2D eigenvalue weighted by Crippen LogP contribution is 2.47. The number of hydrogen-bond donors (Lipinski definition) is 1. The molecule has 27 heavy (non-hydrogen) atoms. The molecule has 3 aromatic rings. The van der Waals surface area contributed by atoms with Crippen LogP contribution in [-0.4, -0.2) is 27.2 Å². The Kier molecular flexibility index (Phi) is 4.19. The fraction of sp³-hybridized carbons (Fsp3) is 0.200. The van der Waals surface area contributed by atoms with Gasteiger partial charge in [-0.25, -0.2) is 4.68 Å². The molecule has 1 fully saturated rings. The van der Waals surface area contributed by atoms with Crippen molar-refractivity contribution in [1.82, 2.24) is 15.1 Å². The van der Waals surface area contributed by atoms with E-state index in [1.165, 1.54) is 22.4 Å². The quantitative estimate of drug-likeness (QED) is 0.538. The van der Waals surface area contributed by atoms with Crippen molar-refractivity contribution in [1.29, 1.82) is 0 Å². The van der Waals surface area contributed by atoms with Gasteiger partial charge >= 0.3 is 0 Å². The number of benzene rings is 2. The van der Waals surface area contributed by atoms with Gasteiger partial charge in [-0.1, -0.05) is 36.4 Å². The van der Waals surface area contributed by atoms with Gasteiger partial charge in [-0.05, 0) is 30.5 Å². The van der Waals surface area contributed by atoms with E-state index in [2.05, 4.69) is 22.5 Å². The molecule has 0 spiro atoms. The number of amides is 1. The molecule has 0 saturated heterocycles. The summed E-state index contributed by atoms with van der Waals surface area (Å²) in [7, 11) is 0. The van der Waals surface area contributed by atoms with Crippen LogP contribution in [0.4, 0.5) is 5.69 Å². The third-order valence-corrected chi connectivity index (χ3v) is 4.95. The smallest absolute Gasteiger partial charge is 0.271 e. The van der Waals surface area contributed by atoms with Gasteiger partial charge in [-0.3, -0.25) is 14.9 Å². The molecule has 0 atom stereocenters. The molecular weight excluding hydrogens is 344 g/mol. The average molecular weight is 362 g/mol. The number of carbonyl (C=O) groups is 1. The molecule has 136 valence electrons. The predicted molar refractivity (Wildman–Crippen MR) is 99.9 cm³/mol. The Hall–Kier alpha value is -3.48. The number of rotatable bonds is 6. The van der Waals surface area contributed by atoms with Crippen LogP contribution < -0.4 is 5.32 Å². The summed E-state index contributed by atoms with van der Waals surface area (Å²) in [5, 5.41) is 18.1. The molecule has 0 aliphatic heterocycles. The van der Waals surface area contributed by atoms with Crippen LogP contribution in [0.15, 0.2) is 66.9 Å². The van der Waals surface area contributed by atoms with Crippen LogP contribution in [-0.2, 0) is 5.41 Å². The maximum Gasteiger partial charge on any atom is 0.271 e. The first kappa shape index (κ1) is 17.0. The zero-order valence-electron chi connectivity index (χ0n) is 14.5. The molecule has 1 amide bonds. The van der Waals surface area contributed by atoms with Crippen molar-refractivity contribution in [2.45, 2.75) is 18.3 Å². The van der Waals surface area contributed by atoms with Crippen molar-refractivity contribution >= 4 is 11.6 Å². The number of nitrogens with zero attached hydrogens (tertiary/aromatic N) is 3. The molecule has 7 heteroatoms. The monoisotopic (exact) mass is 362 g/mol. The second kappa shape index (κ2) is 6.68. The van der Waals surface area contributed by atoms with Gasteiger partial charge in [0.05, 0.1) is 10.6 Å². The summed E-state index contributed by atoms with van der Waals surface area (Å²) in [6.45, 7) is 0.569. The number of nitrogens with one attached hydrogen (secondary N) is 1. The lowest BCUT2D eigenvalue weighted by Gasteiger charge is -2.16. The van der Waals surface area contributed by atoms with E-state index >= 15 is 0 Å². The highest BCUT2D eigenvalue weighted by Gasteiger charge is 2.44. The normalized spacial score (nSPS) is 14.5. The van der Waals surface area contributed by atoms with Crippen molar-refractivity contribution in [2.75, 3.05) is 6.54 Å². The van der Waals surface area contributed by atoms with Gasteiger partial charge in [0.15, 0.2) is 5.69 Å². The summed E-state index contributed by atoms with van der Waals surface area (Å²) in [6.07, 6.45) is 3.73. The third-order valence-electron chi connectivity index (χ3n) is 4.95. The number of hydrogen-bond acceptors (Lipinski definition) is 4. The van der Waals surface area contributed by atoms with Crippen LogP contribution in [0.3, 0.4) is 0 Å². The largest absolute Gasteiger partial charge is 0.350 e. The van der Waals surface area contributed by atoms with Crippen molar-refractivity contribution < 1.29 is 9.72 Å². The standard InChI is InChI=1S/C20H18N4O3/c25-19(21-14-20(10-11-20)15-5-2-1-3-6-15)18-9-12-23(22-18)16-7-4-8-17(13-16)24(26)27/h1-9,12-13H,10-11,14H2,(H,21,25). The second-order valence-electron chi connectivity index (χ2n) is 6.75. The van der Waals surface area contributed by atoms with E-state index in [9.17, 15) is 14.9 Å². The van der Waals surface area contributed by atoms with Crippen molar-refractivity contribution in [3.05, 3.63) is 88.2 Å². The first-order chi connectivity index (χ1) is 13.1. The molecule has 7 nitrogen and oxygen atoms in total. The van der Waals surface area contributed by atoms with E-state index in [0.29, 0.717) is 12.2 Å². The molecule has 0 bridgehead atoms. The first-order valence-corrected chi connectivity index (χ1v) is 8.72. The van der Waals surface area contributed by atoms with Gasteiger partial charge in [-0.15, -0.1) is 0 Å². The van der Waals surface area contributed by atoms with Crippen LogP contribution in [0.1, 0.15) is 28.9 Å². The fourth-order valence-electron chi connectivity index (χ4n) is 3.19. The van der Waals surface area contributed by atoms with E-state index < -0.39 is 4.92 Å². The SMILES string of the molecule is O=C(NCC1(c2ccccc2)CC1)c1ccn(-c2cccc([N+](=O)[O-])c2)n1. The first-order valence-electron chi connectivity index (χ1n) is 8.72. The number of non-ortho nitro benzene ring substituents is 1. The lowest BCUT2D eigenvalue weighted by atomic mass is 9.96. The number of nitro benzene ring substituents is 1. The van der Waals surface area contributed by atoms with Gasteiger partial charge in [0, 0.05) is 30.3 Å². The molecule has 1 aliphatic rings. The predicted octanol–water partition coefficient (Wildman–Crippen LogP) is 3.24. The summed E-state index contributed by atoms with van der Waals surface area (Å²) in [6, 6.07) is 17.9. The fourth-order valence-corrected chi connectivity index (χ4v) is 3.19. The molecular formula is C20H18N4O3. The molecule has 4 rings (SSSR count). The minimum Gasteiger partial charge on any atom is -0.350 e. The highest BCUT2D eigenvalue weighted by molar-refractivity contribution is 5.92. The molecule has 1 N–H and O–H groups in total. The Morgan fingerprint density at radius 2 is 1.93 bits per heavy atom. The van der Waals surface area contributed by atoms with Gasteiger partial charge in [0.2, 0.25) is 0 Å². The molecule has 1 aliphatic carbocycles. The highest BCUT2D eigenvalue weighted by atomic mass is 16.6. The van der Waals surface area contributed by atoms with Crippen LogP contribution in [0.2, 0.25) is 0 Å². The summed E-state index contributed by atoms with van der Waals surface area (Å²) in [4.78, 5) is 22.9. The van der Waals surface area contributed by atoms with E-state index in [-0.39, 0.29) is 22.7 Å². The molecule has 1 heterocycles. The molecule has 0 radical (unpaired) electrons. The number of aromatic nitrogens is 2.